The average molecular weight is 443 g/mol. The van der Waals surface area contributed by atoms with Crippen LogP contribution in [0.5, 0.6) is 0 Å². The van der Waals surface area contributed by atoms with E-state index in [9.17, 15) is 23.2 Å². The molecule has 1 aliphatic heterocycles. The molecular weight excluding hydrogens is 416 g/mol. The Balaban J connectivity index is 1.51. The van der Waals surface area contributed by atoms with Crippen molar-refractivity contribution in [3.05, 3.63) is 65.2 Å². The lowest BCUT2D eigenvalue weighted by atomic mass is 9.94. The Hall–Kier alpha value is -3.29. The summed E-state index contributed by atoms with van der Waals surface area (Å²) in [6.45, 7) is 4.32. The van der Waals surface area contributed by atoms with Crippen LogP contribution in [0.15, 0.2) is 42.5 Å². The molecule has 1 unspecified atom stereocenters. The van der Waals surface area contributed by atoms with Gasteiger partial charge in [-0.25, -0.2) is 8.78 Å². The van der Waals surface area contributed by atoms with Crippen LogP contribution in [0.2, 0.25) is 0 Å². The molecule has 0 aromatic heterocycles. The maximum absolute atomic E-state index is 13.9. The molecule has 2 aromatic rings. The first-order valence-corrected chi connectivity index (χ1v) is 10.7. The summed E-state index contributed by atoms with van der Waals surface area (Å²) in [7, 11) is 0. The second kappa shape index (κ2) is 10.3. The molecule has 8 heteroatoms. The van der Waals surface area contributed by atoms with Crippen LogP contribution in [0.3, 0.4) is 0 Å². The molecule has 1 fully saturated rings. The maximum Gasteiger partial charge on any atom is 0.256 e. The molecule has 1 aliphatic rings. The van der Waals surface area contributed by atoms with E-state index in [4.69, 9.17) is 0 Å². The number of carbonyl (C=O) groups excluding carboxylic acids is 3. The third-order valence-corrected chi connectivity index (χ3v) is 5.69. The van der Waals surface area contributed by atoms with Crippen molar-refractivity contribution < 1.29 is 23.2 Å². The number of amides is 3. The van der Waals surface area contributed by atoms with Crippen LogP contribution in [0.4, 0.5) is 14.5 Å². The van der Waals surface area contributed by atoms with Gasteiger partial charge < -0.3 is 15.5 Å². The average Bonchev–Trinajstić information content (AvgIpc) is 2.79. The number of nitrogens with zero attached hydrogens (tertiary/aromatic N) is 1. The van der Waals surface area contributed by atoms with E-state index in [0.29, 0.717) is 44.1 Å². The highest BCUT2D eigenvalue weighted by molar-refractivity contribution is 5.94. The first-order chi connectivity index (χ1) is 15.3. The van der Waals surface area contributed by atoms with E-state index in [1.165, 1.54) is 4.90 Å². The Morgan fingerprint density at radius 3 is 2.31 bits per heavy atom. The molecule has 0 spiro atoms. The third-order valence-electron chi connectivity index (χ3n) is 5.69. The van der Waals surface area contributed by atoms with Gasteiger partial charge in [0.15, 0.2) is 0 Å². The smallest absolute Gasteiger partial charge is 0.256 e. The van der Waals surface area contributed by atoms with E-state index in [1.807, 2.05) is 19.1 Å². The fraction of sp³-hybridized carbons (Fsp3) is 0.375. The Morgan fingerprint density at radius 1 is 1.06 bits per heavy atom. The first-order valence-electron chi connectivity index (χ1n) is 10.7. The van der Waals surface area contributed by atoms with E-state index in [-0.39, 0.29) is 29.3 Å². The van der Waals surface area contributed by atoms with Crippen molar-refractivity contribution >= 4 is 23.4 Å². The van der Waals surface area contributed by atoms with Gasteiger partial charge in [-0.3, -0.25) is 14.4 Å². The Kier molecular flexibility index (Phi) is 7.56. The predicted octanol–water partition coefficient (Wildman–Crippen LogP) is 4.04. The largest absolute Gasteiger partial charge is 0.349 e. The molecule has 1 atom stereocenters. The zero-order valence-electron chi connectivity index (χ0n) is 18.2. The maximum atomic E-state index is 13.9. The zero-order chi connectivity index (χ0) is 23.3. The van der Waals surface area contributed by atoms with Gasteiger partial charge in [-0.15, -0.1) is 0 Å². The Labute approximate surface area is 186 Å². The van der Waals surface area contributed by atoms with Crippen molar-refractivity contribution in [3.63, 3.8) is 0 Å². The highest BCUT2D eigenvalue weighted by atomic mass is 19.1. The van der Waals surface area contributed by atoms with Crippen LogP contribution < -0.4 is 10.6 Å². The normalized spacial score (nSPS) is 15.2. The Bertz CT molecular complexity index is 986. The van der Waals surface area contributed by atoms with Crippen LogP contribution in [0.25, 0.3) is 0 Å². The highest BCUT2D eigenvalue weighted by Gasteiger charge is 2.29. The molecule has 2 aromatic carbocycles. The van der Waals surface area contributed by atoms with Crippen LogP contribution in [0, 0.1) is 17.6 Å². The van der Waals surface area contributed by atoms with Gasteiger partial charge in [0.05, 0.1) is 11.6 Å². The molecule has 1 heterocycles. The fourth-order valence-corrected chi connectivity index (χ4v) is 3.70. The summed E-state index contributed by atoms with van der Waals surface area (Å²) in [6.07, 6.45) is 1.33. The zero-order valence-corrected chi connectivity index (χ0v) is 18.2. The number of hydrogen-bond acceptors (Lipinski definition) is 3. The van der Waals surface area contributed by atoms with Gasteiger partial charge in [-0.1, -0.05) is 19.1 Å². The number of carbonyl (C=O) groups is 3. The molecular formula is C24H27F2N3O3. The van der Waals surface area contributed by atoms with Crippen molar-refractivity contribution in [2.75, 3.05) is 18.4 Å². The number of halogens is 2. The van der Waals surface area contributed by atoms with E-state index < -0.39 is 17.5 Å². The van der Waals surface area contributed by atoms with Crippen LogP contribution >= 0.6 is 0 Å². The number of hydrogen-bond donors (Lipinski definition) is 2. The number of nitrogens with one attached hydrogen (secondary N) is 2. The lowest BCUT2D eigenvalue weighted by Gasteiger charge is -2.32. The fourth-order valence-electron chi connectivity index (χ4n) is 3.70. The molecule has 0 bridgehead atoms. The van der Waals surface area contributed by atoms with Gasteiger partial charge in [-0.05, 0) is 49.6 Å². The number of likely N-dealkylation sites (tertiary alicyclic amines) is 1. The molecule has 0 saturated carbocycles. The number of piperidine rings is 1. The van der Waals surface area contributed by atoms with Crippen molar-refractivity contribution in [1.29, 1.82) is 0 Å². The standard InChI is InChI=1S/C24H27F2N3O3/c1-3-22(30)28-19-7-4-16(5-8-19)15(2)27-23(31)17-10-12-29(13-11-17)24(32)20-9-6-18(25)14-21(20)26/h4-9,14-15,17H,3,10-13H2,1-2H3,(H,27,31)(H,28,30). The summed E-state index contributed by atoms with van der Waals surface area (Å²) >= 11 is 0. The highest BCUT2D eigenvalue weighted by Crippen LogP contribution is 2.23. The van der Waals surface area contributed by atoms with Gasteiger partial charge in [0.2, 0.25) is 11.8 Å². The minimum atomic E-state index is -0.885. The lowest BCUT2D eigenvalue weighted by molar-refractivity contribution is -0.127. The number of rotatable bonds is 6. The topological polar surface area (TPSA) is 78.5 Å². The molecule has 6 nitrogen and oxygen atoms in total. The van der Waals surface area contributed by atoms with E-state index in [0.717, 1.165) is 17.7 Å². The number of anilines is 1. The summed E-state index contributed by atoms with van der Waals surface area (Å²) in [5.74, 6) is -2.52. The molecule has 3 amide bonds. The quantitative estimate of drug-likeness (QED) is 0.707. The van der Waals surface area contributed by atoms with E-state index >= 15 is 0 Å². The molecule has 1 saturated heterocycles. The third kappa shape index (κ3) is 5.69. The monoisotopic (exact) mass is 443 g/mol. The second-order valence-corrected chi connectivity index (χ2v) is 7.94. The van der Waals surface area contributed by atoms with Crippen LogP contribution in [-0.2, 0) is 9.59 Å². The van der Waals surface area contributed by atoms with Gasteiger partial charge in [0.1, 0.15) is 11.6 Å². The van der Waals surface area contributed by atoms with Crippen LogP contribution in [-0.4, -0.2) is 35.7 Å². The van der Waals surface area contributed by atoms with Crippen molar-refractivity contribution in [3.8, 4) is 0 Å². The minimum absolute atomic E-state index is 0.0638. The molecule has 0 aliphatic carbocycles. The summed E-state index contributed by atoms with van der Waals surface area (Å²) in [5, 5.41) is 5.78. The molecule has 2 N–H and O–H groups in total. The molecule has 170 valence electrons. The minimum Gasteiger partial charge on any atom is -0.349 e. The summed E-state index contributed by atoms with van der Waals surface area (Å²) in [5.41, 5.74) is 1.45. The molecule has 0 radical (unpaired) electrons. The number of benzene rings is 2. The van der Waals surface area contributed by atoms with E-state index in [2.05, 4.69) is 10.6 Å². The Morgan fingerprint density at radius 2 is 1.72 bits per heavy atom. The molecule has 3 rings (SSSR count). The lowest BCUT2D eigenvalue weighted by Crippen LogP contribution is -2.43. The van der Waals surface area contributed by atoms with Crippen molar-refractivity contribution in [1.82, 2.24) is 10.2 Å². The van der Waals surface area contributed by atoms with Gasteiger partial charge in [-0.2, -0.15) is 0 Å². The summed E-state index contributed by atoms with van der Waals surface area (Å²) in [4.78, 5) is 38.2. The van der Waals surface area contributed by atoms with Gasteiger partial charge in [0.25, 0.3) is 5.91 Å². The van der Waals surface area contributed by atoms with Gasteiger partial charge >= 0.3 is 0 Å². The second-order valence-electron chi connectivity index (χ2n) is 7.94. The summed E-state index contributed by atoms with van der Waals surface area (Å²) < 4.78 is 27.0. The van der Waals surface area contributed by atoms with Crippen molar-refractivity contribution in [2.45, 2.75) is 39.2 Å². The predicted molar refractivity (Wildman–Crippen MR) is 117 cm³/mol. The van der Waals surface area contributed by atoms with Gasteiger partial charge in [0, 0.05) is 37.2 Å². The van der Waals surface area contributed by atoms with E-state index in [1.54, 1.807) is 19.1 Å². The SMILES string of the molecule is CCC(=O)Nc1ccc(C(C)NC(=O)C2CCN(C(=O)c3ccc(F)cc3F)CC2)cc1. The summed E-state index contributed by atoms with van der Waals surface area (Å²) in [6, 6.07) is 9.98. The first kappa shape index (κ1) is 23.4. The van der Waals surface area contributed by atoms with Crippen molar-refractivity contribution in [2.24, 2.45) is 5.92 Å². The molecule has 32 heavy (non-hydrogen) atoms. The van der Waals surface area contributed by atoms with Crippen LogP contribution in [0.1, 0.15) is 55.1 Å².